The van der Waals surface area contributed by atoms with Gasteiger partial charge in [-0.25, -0.2) is 4.79 Å². The number of hydrogen-bond acceptors (Lipinski definition) is 2. The van der Waals surface area contributed by atoms with Gasteiger partial charge in [0.1, 0.15) is 0 Å². The first-order valence-corrected chi connectivity index (χ1v) is 3.58. The van der Waals surface area contributed by atoms with E-state index in [1.165, 1.54) is 0 Å². The number of alkyl carbamates (subject to hydrolysis) is 1. The van der Waals surface area contributed by atoms with Crippen LogP contribution in [0.15, 0.2) is 0 Å². The number of cyclic esters (lactones) is 1. The second kappa shape index (κ2) is 2.83. The van der Waals surface area contributed by atoms with Gasteiger partial charge in [-0.2, -0.15) is 0 Å². The first-order chi connectivity index (χ1) is 5.15. The van der Waals surface area contributed by atoms with Gasteiger partial charge >= 0.3 is 6.09 Å². The number of carbonyl (C=O) groups excluding carboxylic acids is 1. The average Bonchev–Trinajstić information content (AvgIpc) is 2.30. The Labute approximate surface area is 66.1 Å². The van der Waals surface area contributed by atoms with Gasteiger partial charge in [0.15, 0.2) is 6.10 Å². The third kappa shape index (κ3) is 1.45. The van der Waals surface area contributed by atoms with Crippen LogP contribution >= 0.6 is 0 Å². The molecule has 1 aliphatic heterocycles. The number of terminal acetylenes is 1. The van der Waals surface area contributed by atoms with E-state index in [4.69, 9.17) is 11.2 Å². The zero-order valence-corrected chi connectivity index (χ0v) is 6.63. The predicted molar refractivity (Wildman–Crippen MR) is 40.9 cm³/mol. The molecule has 0 aromatic carbocycles. The van der Waals surface area contributed by atoms with Gasteiger partial charge < -0.3 is 10.1 Å². The highest BCUT2D eigenvalue weighted by molar-refractivity contribution is 5.71. The van der Waals surface area contributed by atoms with Gasteiger partial charge in [-0.15, -0.1) is 6.42 Å². The van der Waals surface area contributed by atoms with Gasteiger partial charge in [0, 0.05) is 0 Å². The summed E-state index contributed by atoms with van der Waals surface area (Å²) in [5, 5.41) is 2.65. The minimum Gasteiger partial charge on any atom is -0.431 e. The molecule has 1 heterocycles. The molecule has 3 heteroatoms. The van der Waals surface area contributed by atoms with Crippen LogP contribution in [0.3, 0.4) is 0 Å². The Bertz CT molecular complexity index is 205. The minimum atomic E-state index is -0.411. The molecule has 0 spiro atoms. The number of ether oxygens (including phenoxy) is 1. The molecule has 0 aromatic rings. The normalized spacial score (nSPS) is 29.5. The maximum absolute atomic E-state index is 10.7. The lowest BCUT2D eigenvalue weighted by Crippen LogP contribution is -2.35. The maximum Gasteiger partial charge on any atom is 0.408 e. The Morgan fingerprint density at radius 3 is 2.73 bits per heavy atom. The van der Waals surface area contributed by atoms with Gasteiger partial charge in [0.05, 0.1) is 6.04 Å². The van der Waals surface area contributed by atoms with Crippen molar-refractivity contribution in [2.24, 2.45) is 5.92 Å². The highest BCUT2D eigenvalue weighted by Crippen LogP contribution is 2.15. The van der Waals surface area contributed by atoms with Crippen molar-refractivity contribution >= 4 is 6.09 Å². The van der Waals surface area contributed by atoms with Crippen LogP contribution in [0.1, 0.15) is 13.8 Å². The van der Waals surface area contributed by atoms with Crippen LogP contribution in [-0.2, 0) is 4.74 Å². The van der Waals surface area contributed by atoms with Crippen LogP contribution < -0.4 is 5.32 Å². The third-order valence-corrected chi connectivity index (χ3v) is 1.73. The molecule has 0 aliphatic carbocycles. The van der Waals surface area contributed by atoms with Crippen molar-refractivity contribution in [3.8, 4) is 12.3 Å². The highest BCUT2D eigenvalue weighted by atomic mass is 16.6. The van der Waals surface area contributed by atoms with Crippen LogP contribution in [0.5, 0.6) is 0 Å². The van der Waals surface area contributed by atoms with E-state index >= 15 is 0 Å². The summed E-state index contributed by atoms with van der Waals surface area (Å²) in [5.74, 6) is 2.73. The monoisotopic (exact) mass is 153 g/mol. The summed E-state index contributed by atoms with van der Waals surface area (Å²) in [4.78, 5) is 10.7. The summed E-state index contributed by atoms with van der Waals surface area (Å²) in [6.45, 7) is 3.98. The fourth-order valence-corrected chi connectivity index (χ4v) is 1.09. The van der Waals surface area contributed by atoms with Gasteiger partial charge in [0.25, 0.3) is 0 Å². The summed E-state index contributed by atoms with van der Waals surface area (Å²) >= 11 is 0. The van der Waals surface area contributed by atoms with Crippen molar-refractivity contribution in [1.82, 2.24) is 5.32 Å². The topological polar surface area (TPSA) is 38.3 Å². The molecule has 1 aliphatic rings. The molecule has 0 unspecified atom stereocenters. The summed E-state index contributed by atoms with van der Waals surface area (Å²) in [7, 11) is 0. The molecular weight excluding hydrogens is 142 g/mol. The Hall–Kier alpha value is -1.17. The van der Waals surface area contributed by atoms with Crippen molar-refractivity contribution in [2.75, 3.05) is 0 Å². The SMILES string of the molecule is C#C[C@H]1OC(=O)N[C@H]1C(C)C. The molecule has 0 saturated carbocycles. The van der Waals surface area contributed by atoms with E-state index in [0.29, 0.717) is 5.92 Å². The molecule has 1 amide bonds. The average molecular weight is 153 g/mol. The number of carbonyl (C=O) groups is 1. The van der Waals surface area contributed by atoms with Gasteiger partial charge in [0.2, 0.25) is 0 Å². The molecule has 1 saturated heterocycles. The molecule has 1 fully saturated rings. The molecule has 3 nitrogen and oxygen atoms in total. The van der Waals surface area contributed by atoms with Crippen LogP contribution in [0.25, 0.3) is 0 Å². The van der Waals surface area contributed by atoms with Crippen LogP contribution in [-0.4, -0.2) is 18.2 Å². The summed E-state index contributed by atoms with van der Waals surface area (Å²) in [6.07, 6.45) is 4.35. The molecule has 2 atom stereocenters. The molecular formula is C8H11NO2. The first-order valence-electron chi connectivity index (χ1n) is 3.58. The molecule has 1 rings (SSSR count). The van der Waals surface area contributed by atoms with Gasteiger partial charge in [-0.05, 0) is 5.92 Å². The Morgan fingerprint density at radius 2 is 2.36 bits per heavy atom. The van der Waals surface area contributed by atoms with E-state index < -0.39 is 12.2 Å². The Balaban J connectivity index is 2.66. The van der Waals surface area contributed by atoms with E-state index in [1.807, 2.05) is 13.8 Å². The van der Waals surface area contributed by atoms with Crippen LogP contribution in [0, 0.1) is 18.3 Å². The predicted octanol–water partition coefficient (Wildman–Crippen LogP) is 0.753. The van der Waals surface area contributed by atoms with Crippen molar-refractivity contribution < 1.29 is 9.53 Å². The lowest BCUT2D eigenvalue weighted by molar-refractivity contribution is 0.153. The Morgan fingerprint density at radius 1 is 1.73 bits per heavy atom. The Kier molecular flexibility index (Phi) is 2.04. The molecule has 0 aromatic heterocycles. The molecule has 0 radical (unpaired) electrons. The van der Waals surface area contributed by atoms with Crippen LogP contribution in [0.4, 0.5) is 4.79 Å². The fourth-order valence-electron chi connectivity index (χ4n) is 1.09. The zero-order valence-electron chi connectivity index (χ0n) is 6.63. The molecule has 0 bridgehead atoms. The van der Waals surface area contributed by atoms with E-state index in [2.05, 4.69) is 11.2 Å². The van der Waals surface area contributed by atoms with Gasteiger partial charge in [-0.1, -0.05) is 19.8 Å². The smallest absolute Gasteiger partial charge is 0.408 e. The third-order valence-electron chi connectivity index (χ3n) is 1.73. The van der Waals surface area contributed by atoms with E-state index in [0.717, 1.165) is 0 Å². The lowest BCUT2D eigenvalue weighted by Gasteiger charge is -2.14. The second-order valence-corrected chi connectivity index (χ2v) is 2.91. The molecule has 60 valence electrons. The van der Waals surface area contributed by atoms with Crippen LogP contribution in [0.2, 0.25) is 0 Å². The molecule has 11 heavy (non-hydrogen) atoms. The van der Waals surface area contributed by atoms with Crippen molar-refractivity contribution in [1.29, 1.82) is 0 Å². The number of rotatable bonds is 1. The quantitative estimate of drug-likeness (QED) is 0.564. The second-order valence-electron chi connectivity index (χ2n) is 2.91. The van der Waals surface area contributed by atoms with Crippen molar-refractivity contribution in [3.63, 3.8) is 0 Å². The minimum absolute atomic E-state index is 0.0347. The fraction of sp³-hybridized carbons (Fsp3) is 0.625. The maximum atomic E-state index is 10.7. The lowest BCUT2D eigenvalue weighted by atomic mass is 10.0. The number of nitrogens with one attached hydrogen (secondary N) is 1. The van der Waals surface area contributed by atoms with Crippen molar-refractivity contribution in [3.05, 3.63) is 0 Å². The largest absolute Gasteiger partial charge is 0.431 e. The van der Waals surface area contributed by atoms with Crippen molar-refractivity contribution in [2.45, 2.75) is 26.0 Å². The van der Waals surface area contributed by atoms with E-state index in [1.54, 1.807) is 0 Å². The number of amides is 1. The van der Waals surface area contributed by atoms with Gasteiger partial charge in [-0.3, -0.25) is 0 Å². The van der Waals surface area contributed by atoms with E-state index in [9.17, 15) is 4.79 Å². The molecule has 1 N–H and O–H groups in total. The van der Waals surface area contributed by atoms with E-state index in [-0.39, 0.29) is 6.04 Å². The highest BCUT2D eigenvalue weighted by Gasteiger charge is 2.34. The summed E-state index contributed by atoms with van der Waals surface area (Å²) in [5.41, 5.74) is 0. The number of hydrogen-bond donors (Lipinski definition) is 1. The summed E-state index contributed by atoms with van der Waals surface area (Å²) in [6, 6.07) is -0.0347. The standard InChI is InChI=1S/C8H11NO2/c1-4-6-7(5(2)3)9-8(10)11-6/h1,5-7H,2-3H3,(H,9,10)/t6-,7+/m1/s1. The summed E-state index contributed by atoms with van der Waals surface area (Å²) < 4.78 is 4.80. The zero-order chi connectivity index (χ0) is 8.43. The first kappa shape index (κ1) is 7.93.